The molecule has 1 aliphatic rings. The SMILES string of the molecule is O=C(NC1CCCOC1)c1ccncc1. The maximum Gasteiger partial charge on any atom is 0.251 e. The molecule has 1 amide bonds. The quantitative estimate of drug-likeness (QED) is 0.785. The van der Waals surface area contributed by atoms with Gasteiger partial charge in [-0.2, -0.15) is 0 Å². The first kappa shape index (κ1) is 10.1. The van der Waals surface area contributed by atoms with Crippen molar-refractivity contribution in [2.45, 2.75) is 18.9 Å². The van der Waals surface area contributed by atoms with Gasteiger partial charge in [-0.3, -0.25) is 9.78 Å². The standard InChI is InChI=1S/C11H14N2O2/c14-11(9-3-5-12-6-4-9)13-10-2-1-7-15-8-10/h3-6,10H,1-2,7-8H2,(H,13,14). The van der Waals surface area contributed by atoms with Crippen LogP contribution in [0.2, 0.25) is 0 Å². The van der Waals surface area contributed by atoms with E-state index in [0.29, 0.717) is 12.2 Å². The zero-order valence-corrected chi connectivity index (χ0v) is 8.48. The molecule has 80 valence electrons. The van der Waals surface area contributed by atoms with Gasteiger partial charge in [0.25, 0.3) is 5.91 Å². The van der Waals surface area contributed by atoms with E-state index >= 15 is 0 Å². The number of ether oxygens (including phenoxy) is 1. The van der Waals surface area contributed by atoms with Crippen molar-refractivity contribution in [2.24, 2.45) is 0 Å². The fraction of sp³-hybridized carbons (Fsp3) is 0.455. The number of carbonyl (C=O) groups is 1. The molecule has 2 rings (SSSR count). The van der Waals surface area contributed by atoms with Gasteiger partial charge in [0, 0.05) is 24.6 Å². The molecule has 1 aromatic rings. The number of aromatic nitrogens is 1. The number of nitrogens with zero attached hydrogens (tertiary/aromatic N) is 1. The molecule has 1 N–H and O–H groups in total. The highest BCUT2D eigenvalue weighted by atomic mass is 16.5. The van der Waals surface area contributed by atoms with Gasteiger partial charge in [0.15, 0.2) is 0 Å². The largest absolute Gasteiger partial charge is 0.379 e. The lowest BCUT2D eigenvalue weighted by molar-refractivity contribution is 0.0624. The first-order chi connectivity index (χ1) is 7.36. The zero-order chi connectivity index (χ0) is 10.5. The zero-order valence-electron chi connectivity index (χ0n) is 8.48. The molecule has 1 unspecified atom stereocenters. The van der Waals surface area contributed by atoms with Crippen LogP contribution in [0.1, 0.15) is 23.2 Å². The Morgan fingerprint density at radius 1 is 1.47 bits per heavy atom. The number of hydrogen-bond acceptors (Lipinski definition) is 3. The third-order valence-corrected chi connectivity index (χ3v) is 2.44. The Balaban J connectivity index is 1.91. The third kappa shape index (κ3) is 2.76. The molecule has 2 heterocycles. The number of nitrogens with one attached hydrogen (secondary N) is 1. The second kappa shape index (κ2) is 4.89. The molecule has 1 fully saturated rings. The number of hydrogen-bond donors (Lipinski definition) is 1. The summed E-state index contributed by atoms with van der Waals surface area (Å²) in [5.74, 6) is -0.0482. The molecule has 1 atom stereocenters. The van der Waals surface area contributed by atoms with E-state index in [1.54, 1.807) is 24.5 Å². The molecule has 1 aromatic heterocycles. The third-order valence-electron chi connectivity index (χ3n) is 2.44. The van der Waals surface area contributed by atoms with E-state index in [4.69, 9.17) is 4.74 Å². The van der Waals surface area contributed by atoms with Gasteiger partial charge in [0.2, 0.25) is 0 Å². The summed E-state index contributed by atoms with van der Waals surface area (Å²) in [6, 6.07) is 3.57. The molecule has 0 saturated carbocycles. The van der Waals surface area contributed by atoms with Gasteiger partial charge in [-0.15, -0.1) is 0 Å². The molecule has 4 heteroatoms. The van der Waals surface area contributed by atoms with Crippen molar-refractivity contribution in [3.8, 4) is 0 Å². The van der Waals surface area contributed by atoms with E-state index in [1.165, 1.54) is 0 Å². The van der Waals surface area contributed by atoms with Crippen molar-refractivity contribution in [3.63, 3.8) is 0 Å². The average Bonchev–Trinajstić information content (AvgIpc) is 2.31. The molecule has 0 aromatic carbocycles. The minimum atomic E-state index is -0.0482. The van der Waals surface area contributed by atoms with Gasteiger partial charge in [-0.25, -0.2) is 0 Å². The Kier molecular flexibility index (Phi) is 3.29. The molecule has 15 heavy (non-hydrogen) atoms. The molecular weight excluding hydrogens is 192 g/mol. The van der Waals surface area contributed by atoms with Crippen LogP contribution in [0.4, 0.5) is 0 Å². The Morgan fingerprint density at radius 3 is 2.93 bits per heavy atom. The van der Waals surface area contributed by atoms with E-state index < -0.39 is 0 Å². The van der Waals surface area contributed by atoms with Gasteiger partial charge in [-0.1, -0.05) is 0 Å². The summed E-state index contributed by atoms with van der Waals surface area (Å²) in [6.45, 7) is 1.43. The maximum atomic E-state index is 11.7. The molecule has 0 spiro atoms. The van der Waals surface area contributed by atoms with Crippen molar-refractivity contribution in [3.05, 3.63) is 30.1 Å². The van der Waals surface area contributed by atoms with Crippen LogP contribution in [0.5, 0.6) is 0 Å². The van der Waals surface area contributed by atoms with Gasteiger partial charge in [0.05, 0.1) is 12.6 Å². The summed E-state index contributed by atoms with van der Waals surface area (Å²) in [4.78, 5) is 15.6. The van der Waals surface area contributed by atoms with Gasteiger partial charge in [-0.05, 0) is 25.0 Å². The molecule has 1 saturated heterocycles. The second-order valence-corrected chi connectivity index (χ2v) is 3.62. The smallest absolute Gasteiger partial charge is 0.251 e. The number of carbonyl (C=O) groups excluding carboxylic acids is 1. The van der Waals surface area contributed by atoms with Gasteiger partial charge in [0.1, 0.15) is 0 Å². The molecular formula is C11H14N2O2. The fourth-order valence-electron chi connectivity index (χ4n) is 1.63. The second-order valence-electron chi connectivity index (χ2n) is 3.62. The van der Waals surface area contributed by atoms with Crippen molar-refractivity contribution < 1.29 is 9.53 Å². The molecule has 1 aliphatic heterocycles. The van der Waals surface area contributed by atoms with Crippen molar-refractivity contribution in [1.82, 2.24) is 10.3 Å². The van der Waals surface area contributed by atoms with Crippen molar-refractivity contribution in [1.29, 1.82) is 0 Å². The Morgan fingerprint density at radius 2 is 2.27 bits per heavy atom. The van der Waals surface area contributed by atoms with Gasteiger partial charge < -0.3 is 10.1 Å². The summed E-state index contributed by atoms with van der Waals surface area (Å²) in [5, 5.41) is 2.94. The molecule has 0 aliphatic carbocycles. The van der Waals surface area contributed by atoms with E-state index in [-0.39, 0.29) is 11.9 Å². The summed E-state index contributed by atoms with van der Waals surface area (Å²) >= 11 is 0. The van der Waals surface area contributed by atoms with Crippen LogP contribution in [0, 0.1) is 0 Å². The summed E-state index contributed by atoms with van der Waals surface area (Å²) in [7, 11) is 0. The van der Waals surface area contributed by atoms with E-state index in [1.807, 2.05) is 0 Å². The normalized spacial score (nSPS) is 20.9. The minimum absolute atomic E-state index is 0.0482. The molecule has 4 nitrogen and oxygen atoms in total. The summed E-state index contributed by atoms with van der Waals surface area (Å²) < 4.78 is 5.29. The highest BCUT2D eigenvalue weighted by Gasteiger charge is 2.16. The summed E-state index contributed by atoms with van der Waals surface area (Å²) in [6.07, 6.45) is 5.25. The fourth-order valence-corrected chi connectivity index (χ4v) is 1.63. The van der Waals surface area contributed by atoms with Crippen LogP contribution in [0.25, 0.3) is 0 Å². The monoisotopic (exact) mass is 206 g/mol. The maximum absolute atomic E-state index is 11.7. The highest BCUT2D eigenvalue weighted by Crippen LogP contribution is 2.07. The average molecular weight is 206 g/mol. The molecule has 0 radical (unpaired) electrons. The van der Waals surface area contributed by atoms with Gasteiger partial charge >= 0.3 is 0 Å². The van der Waals surface area contributed by atoms with Crippen molar-refractivity contribution >= 4 is 5.91 Å². The Bertz CT molecular complexity index is 321. The first-order valence-electron chi connectivity index (χ1n) is 5.15. The predicted octanol–water partition coefficient (Wildman–Crippen LogP) is 0.990. The van der Waals surface area contributed by atoms with E-state index in [0.717, 1.165) is 19.4 Å². The lowest BCUT2D eigenvalue weighted by atomic mass is 10.1. The van der Waals surface area contributed by atoms with E-state index in [9.17, 15) is 4.79 Å². The topological polar surface area (TPSA) is 51.2 Å². The summed E-state index contributed by atoms with van der Waals surface area (Å²) in [5.41, 5.74) is 0.649. The molecule has 0 bridgehead atoms. The van der Waals surface area contributed by atoms with Crippen LogP contribution in [0.3, 0.4) is 0 Å². The Labute approximate surface area is 88.7 Å². The lowest BCUT2D eigenvalue weighted by Gasteiger charge is -2.23. The van der Waals surface area contributed by atoms with E-state index in [2.05, 4.69) is 10.3 Å². The van der Waals surface area contributed by atoms with Crippen LogP contribution in [-0.2, 0) is 4.74 Å². The first-order valence-corrected chi connectivity index (χ1v) is 5.15. The minimum Gasteiger partial charge on any atom is -0.379 e. The Hall–Kier alpha value is -1.42. The van der Waals surface area contributed by atoms with Crippen molar-refractivity contribution in [2.75, 3.05) is 13.2 Å². The number of rotatable bonds is 2. The number of amides is 1. The highest BCUT2D eigenvalue weighted by molar-refractivity contribution is 5.94. The van der Waals surface area contributed by atoms with Crippen LogP contribution in [-0.4, -0.2) is 30.1 Å². The van der Waals surface area contributed by atoms with Crippen LogP contribution < -0.4 is 5.32 Å². The van der Waals surface area contributed by atoms with Crippen LogP contribution >= 0.6 is 0 Å². The number of pyridine rings is 1. The predicted molar refractivity (Wildman–Crippen MR) is 55.5 cm³/mol. The van der Waals surface area contributed by atoms with Crippen LogP contribution in [0.15, 0.2) is 24.5 Å². The lowest BCUT2D eigenvalue weighted by Crippen LogP contribution is -2.40.